The van der Waals surface area contributed by atoms with Crippen LogP contribution in [0.5, 0.6) is 5.75 Å². The number of carbonyl (C=O) groups is 1. The largest absolute Gasteiger partial charge is 0.507 e. The molecule has 17 heavy (non-hydrogen) atoms. The van der Waals surface area contributed by atoms with Gasteiger partial charge in [-0.15, -0.1) is 0 Å². The summed E-state index contributed by atoms with van der Waals surface area (Å²) in [6.45, 7) is 0. The van der Waals surface area contributed by atoms with Crippen molar-refractivity contribution >= 4 is 6.29 Å². The van der Waals surface area contributed by atoms with Crippen molar-refractivity contribution in [2.75, 3.05) is 0 Å². The van der Waals surface area contributed by atoms with E-state index in [2.05, 4.69) is 0 Å². The molecule has 0 bridgehead atoms. The summed E-state index contributed by atoms with van der Waals surface area (Å²) in [5, 5.41) is 18.2. The number of aromatic hydroxyl groups is 1. The van der Waals surface area contributed by atoms with Gasteiger partial charge in [0.1, 0.15) is 18.1 Å². The molecule has 0 amide bonds. The Balaban J connectivity index is 2.53. The predicted molar refractivity (Wildman–Crippen MR) is 63.6 cm³/mol. The molecular weight excluding hydrogens is 214 g/mol. The zero-order chi connectivity index (χ0) is 12.3. The Labute approximate surface area is 98.6 Å². The lowest BCUT2D eigenvalue weighted by Crippen LogP contribution is -1.84. The van der Waals surface area contributed by atoms with Crippen LogP contribution in [-0.2, 0) is 0 Å². The zero-order valence-electron chi connectivity index (χ0n) is 8.92. The fraction of sp³-hybridized carbons (Fsp3) is 0. The van der Waals surface area contributed by atoms with E-state index in [1.807, 2.05) is 12.1 Å². The van der Waals surface area contributed by atoms with Crippen LogP contribution in [0.25, 0.3) is 11.1 Å². The van der Waals surface area contributed by atoms with Gasteiger partial charge in [-0.25, -0.2) is 0 Å². The second-order valence-corrected chi connectivity index (χ2v) is 3.59. The van der Waals surface area contributed by atoms with Gasteiger partial charge in [0.15, 0.2) is 0 Å². The van der Waals surface area contributed by atoms with Crippen molar-refractivity contribution in [3.63, 3.8) is 0 Å². The zero-order valence-corrected chi connectivity index (χ0v) is 8.92. The van der Waals surface area contributed by atoms with Gasteiger partial charge in [0, 0.05) is 5.56 Å². The van der Waals surface area contributed by atoms with Gasteiger partial charge >= 0.3 is 0 Å². The highest BCUT2D eigenvalue weighted by molar-refractivity contribution is 5.79. The van der Waals surface area contributed by atoms with Gasteiger partial charge < -0.3 is 5.11 Å². The van der Waals surface area contributed by atoms with Crippen LogP contribution in [0.2, 0.25) is 0 Å². The van der Waals surface area contributed by atoms with Gasteiger partial charge in [-0.1, -0.05) is 24.3 Å². The molecule has 2 rings (SSSR count). The van der Waals surface area contributed by atoms with E-state index in [4.69, 9.17) is 5.26 Å². The summed E-state index contributed by atoms with van der Waals surface area (Å²) in [5.74, 6) is -0.0391. The quantitative estimate of drug-likeness (QED) is 0.796. The number of phenolic OH excluding ortho intramolecular Hbond substituents is 1. The third-order valence-electron chi connectivity index (χ3n) is 2.47. The number of benzene rings is 2. The van der Waals surface area contributed by atoms with Crippen molar-refractivity contribution in [1.82, 2.24) is 0 Å². The molecule has 3 heteroatoms. The summed E-state index contributed by atoms with van der Waals surface area (Å²) >= 11 is 0. The molecule has 0 aliphatic heterocycles. The molecule has 0 aliphatic rings. The van der Waals surface area contributed by atoms with Crippen molar-refractivity contribution in [2.24, 2.45) is 0 Å². The lowest BCUT2D eigenvalue weighted by Gasteiger charge is -2.04. The summed E-state index contributed by atoms with van der Waals surface area (Å²) in [5.41, 5.74) is 2.43. The Hall–Kier alpha value is -2.60. The standard InChI is InChI=1S/C14H9NO2/c15-8-13-7-12(4-5-14(13)17)11-3-1-2-10(6-11)9-16/h1-7,9,17H. The van der Waals surface area contributed by atoms with Gasteiger partial charge in [-0.2, -0.15) is 5.26 Å². The number of hydrogen-bond donors (Lipinski definition) is 1. The average Bonchev–Trinajstić information content (AvgIpc) is 2.39. The van der Waals surface area contributed by atoms with Gasteiger partial charge in [0.05, 0.1) is 5.56 Å². The van der Waals surface area contributed by atoms with Gasteiger partial charge in [-0.3, -0.25) is 4.79 Å². The maximum atomic E-state index is 10.7. The van der Waals surface area contributed by atoms with Gasteiger partial charge in [-0.05, 0) is 29.3 Å². The minimum absolute atomic E-state index is 0.0391. The molecule has 0 aliphatic carbocycles. The highest BCUT2D eigenvalue weighted by Crippen LogP contribution is 2.25. The Morgan fingerprint density at radius 1 is 1.12 bits per heavy atom. The topological polar surface area (TPSA) is 61.1 Å². The lowest BCUT2D eigenvalue weighted by molar-refractivity contribution is 0.112. The number of aldehydes is 1. The SMILES string of the molecule is N#Cc1cc(-c2cccc(C=O)c2)ccc1O. The Bertz CT molecular complexity index is 612. The molecule has 0 fully saturated rings. The highest BCUT2D eigenvalue weighted by Gasteiger charge is 2.04. The number of hydrogen-bond acceptors (Lipinski definition) is 3. The molecule has 1 N–H and O–H groups in total. The minimum Gasteiger partial charge on any atom is -0.507 e. The van der Waals surface area contributed by atoms with Crippen LogP contribution < -0.4 is 0 Å². The second-order valence-electron chi connectivity index (χ2n) is 3.59. The summed E-state index contributed by atoms with van der Waals surface area (Å²) < 4.78 is 0. The molecule has 2 aromatic rings. The van der Waals surface area contributed by atoms with Crippen molar-refractivity contribution < 1.29 is 9.90 Å². The van der Waals surface area contributed by atoms with Crippen molar-refractivity contribution in [3.05, 3.63) is 53.6 Å². The van der Waals surface area contributed by atoms with Crippen LogP contribution in [0, 0.1) is 11.3 Å². The number of nitrogens with zero attached hydrogens (tertiary/aromatic N) is 1. The van der Waals surface area contributed by atoms with Crippen LogP contribution in [0.4, 0.5) is 0 Å². The van der Waals surface area contributed by atoms with Crippen LogP contribution >= 0.6 is 0 Å². The number of rotatable bonds is 2. The van der Waals surface area contributed by atoms with E-state index >= 15 is 0 Å². The molecule has 0 atom stereocenters. The molecule has 0 radical (unpaired) electrons. The smallest absolute Gasteiger partial charge is 0.150 e. The lowest BCUT2D eigenvalue weighted by atomic mass is 10.0. The summed E-state index contributed by atoms with van der Waals surface area (Å²) in [6, 6.07) is 13.8. The van der Waals surface area contributed by atoms with Crippen LogP contribution in [0.3, 0.4) is 0 Å². The number of phenols is 1. The summed E-state index contributed by atoms with van der Waals surface area (Å²) in [6.07, 6.45) is 0.773. The van der Waals surface area contributed by atoms with Gasteiger partial charge in [0.25, 0.3) is 0 Å². The van der Waals surface area contributed by atoms with E-state index in [9.17, 15) is 9.90 Å². The average molecular weight is 223 g/mol. The third kappa shape index (κ3) is 2.16. The first kappa shape index (κ1) is 10.9. The first-order valence-corrected chi connectivity index (χ1v) is 5.03. The maximum Gasteiger partial charge on any atom is 0.150 e. The first-order chi connectivity index (χ1) is 8.24. The van der Waals surface area contributed by atoms with Gasteiger partial charge in [0.2, 0.25) is 0 Å². The Morgan fingerprint density at radius 2 is 1.88 bits per heavy atom. The fourth-order valence-corrected chi connectivity index (χ4v) is 1.60. The monoisotopic (exact) mass is 223 g/mol. The predicted octanol–water partition coefficient (Wildman–Crippen LogP) is 2.74. The molecular formula is C14H9NO2. The minimum atomic E-state index is -0.0391. The van der Waals surface area contributed by atoms with E-state index in [0.29, 0.717) is 5.56 Å². The molecule has 0 unspecified atom stereocenters. The van der Waals surface area contributed by atoms with E-state index in [-0.39, 0.29) is 11.3 Å². The second kappa shape index (κ2) is 4.50. The van der Waals surface area contributed by atoms with E-state index in [1.54, 1.807) is 30.3 Å². The Kier molecular flexibility index (Phi) is 2.89. The molecule has 2 aromatic carbocycles. The first-order valence-electron chi connectivity index (χ1n) is 5.03. The van der Waals surface area contributed by atoms with Crippen LogP contribution in [-0.4, -0.2) is 11.4 Å². The van der Waals surface area contributed by atoms with Crippen molar-refractivity contribution in [2.45, 2.75) is 0 Å². The number of carbonyl (C=O) groups excluding carboxylic acids is 1. The molecule has 82 valence electrons. The maximum absolute atomic E-state index is 10.7. The normalized spacial score (nSPS) is 9.59. The molecule has 0 heterocycles. The molecule has 0 spiro atoms. The summed E-state index contributed by atoms with van der Waals surface area (Å²) in [4.78, 5) is 10.7. The van der Waals surface area contributed by atoms with Crippen LogP contribution in [0.1, 0.15) is 15.9 Å². The Morgan fingerprint density at radius 3 is 2.59 bits per heavy atom. The molecule has 0 aromatic heterocycles. The molecule has 0 saturated heterocycles. The van der Waals surface area contributed by atoms with Crippen molar-refractivity contribution in [1.29, 1.82) is 5.26 Å². The summed E-state index contributed by atoms with van der Waals surface area (Å²) in [7, 11) is 0. The van der Waals surface area contributed by atoms with E-state index in [0.717, 1.165) is 17.4 Å². The molecule has 3 nitrogen and oxygen atoms in total. The third-order valence-corrected chi connectivity index (χ3v) is 2.47. The van der Waals surface area contributed by atoms with Crippen molar-refractivity contribution in [3.8, 4) is 22.9 Å². The van der Waals surface area contributed by atoms with E-state index < -0.39 is 0 Å². The number of nitriles is 1. The van der Waals surface area contributed by atoms with Crippen LogP contribution in [0.15, 0.2) is 42.5 Å². The highest BCUT2D eigenvalue weighted by atomic mass is 16.3. The van der Waals surface area contributed by atoms with E-state index in [1.165, 1.54) is 6.07 Å². The fourth-order valence-electron chi connectivity index (χ4n) is 1.60. The molecule has 0 saturated carbocycles.